The van der Waals surface area contributed by atoms with Crippen molar-refractivity contribution in [2.45, 2.75) is 31.1 Å². The molecule has 35 heavy (non-hydrogen) atoms. The summed E-state index contributed by atoms with van der Waals surface area (Å²) in [5.41, 5.74) is 0.904. The third-order valence-corrected chi connectivity index (χ3v) is 9.60. The van der Waals surface area contributed by atoms with Crippen molar-refractivity contribution in [2.24, 2.45) is 17.8 Å². The van der Waals surface area contributed by atoms with Gasteiger partial charge in [-0.15, -0.1) is 0 Å². The quantitative estimate of drug-likeness (QED) is 0.458. The van der Waals surface area contributed by atoms with Crippen LogP contribution >= 0.6 is 0 Å². The zero-order chi connectivity index (χ0) is 25.6. The van der Waals surface area contributed by atoms with Crippen LogP contribution < -0.4 is 14.3 Å². The van der Waals surface area contributed by atoms with Crippen LogP contribution in [0.3, 0.4) is 0 Å². The van der Waals surface area contributed by atoms with Crippen LogP contribution in [0.4, 0.5) is 5.69 Å². The Kier molecular flexibility index (Phi) is 9.39. The smallest absolute Gasteiger partial charge is 0.279 e. The maximum atomic E-state index is 13.0. The number of methoxy groups -OCH3 is 1. The number of rotatable bonds is 11. The first-order chi connectivity index (χ1) is 16.5. The zero-order valence-corrected chi connectivity index (χ0v) is 22.6. The molecule has 1 aliphatic heterocycles. The molecule has 1 saturated heterocycles. The lowest BCUT2D eigenvalue weighted by atomic mass is 9.81. The highest BCUT2D eigenvalue weighted by molar-refractivity contribution is 7.89. The third-order valence-electron chi connectivity index (χ3n) is 6.62. The van der Waals surface area contributed by atoms with E-state index in [1.807, 2.05) is 38.1 Å². The zero-order valence-electron chi connectivity index (χ0n) is 21.0. The summed E-state index contributed by atoms with van der Waals surface area (Å²) in [6.07, 6.45) is 8.63. The van der Waals surface area contributed by atoms with Gasteiger partial charge in [0, 0.05) is 51.9 Å². The van der Waals surface area contributed by atoms with Crippen molar-refractivity contribution in [3.05, 3.63) is 48.3 Å². The predicted octanol–water partition coefficient (Wildman–Crippen LogP) is 2.32. The molecule has 1 unspecified atom stereocenters. The lowest BCUT2D eigenvalue weighted by Crippen LogP contribution is -2.48. The van der Waals surface area contributed by atoms with E-state index < -0.39 is 20.2 Å². The molecule has 1 aromatic carbocycles. The summed E-state index contributed by atoms with van der Waals surface area (Å²) in [6, 6.07) is 6.61. The van der Waals surface area contributed by atoms with Gasteiger partial charge in [0.1, 0.15) is 0 Å². The number of anilines is 1. The molecule has 2 aliphatic rings. The average molecular weight is 527 g/mol. The van der Waals surface area contributed by atoms with Gasteiger partial charge in [0.2, 0.25) is 10.0 Å². The van der Waals surface area contributed by atoms with E-state index in [1.54, 1.807) is 31.4 Å². The summed E-state index contributed by atoms with van der Waals surface area (Å²) in [5.74, 6) is 1.05. The molecule has 0 saturated carbocycles. The summed E-state index contributed by atoms with van der Waals surface area (Å²) >= 11 is 0. The van der Waals surface area contributed by atoms with Gasteiger partial charge < -0.3 is 9.64 Å². The Balaban J connectivity index is 1.51. The van der Waals surface area contributed by atoms with E-state index in [1.165, 1.54) is 4.31 Å². The second-order valence-corrected chi connectivity index (χ2v) is 13.0. The van der Waals surface area contributed by atoms with Crippen molar-refractivity contribution in [3.63, 3.8) is 0 Å². The van der Waals surface area contributed by atoms with E-state index in [4.69, 9.17) is 4.74 Å². The number of piperidine rings is 1. The largest absolute Gasteiger partial charge is 0.501 e. The molecule has 3 rings (SSSR count). The molecule has 0 spiro atoms. The van der Waals surface area contributed by atoms with Gasteiger partial charge in [-0.05, 0) is 61.4 Å². The van der Waals surface area contributed by atoms with Crippen LogP contribution in [-0.2, 0) is 25.0 Å². The third kappa shape index (κ3) is 7.29. The van der Waals surface area contributed by atoms with E-state index in [2.05, 4.69) is 15.5 Å². The topological polar surface area (TPSA) is 108 Å². The summed E-state index contributed by atoms with van der Waals surface area (Å²) in [5, 5.41) is 0. The summed E-state index contributed by atoms with van der Waals surface area (Å²) < 4.78 is 63.5. The maximum Gasteiger partial charge on any atom is 0.279 e. The maximum absolute atomic E-state index is 13.0. The van der Waals surface area contributed by atoms with E-state index in [-0.39, 0.29) is 35.7 Å². The van der Waals surface area contributed by atoms with Gasteiger partial charge >= 0.3 is 0 Å². The van der Waals surface area contributed by atoms with Crippen molar-refractivity contribution >= 4 is 25.9 Å². The Morgan fingerprint density at radius 1 is 1.11 bits per heavy atom. The minimum Gasteiger partial charge on any atom is -0.501 e. The van der Waals surface area contributed by atoms with Gasteiger partial charge in [0.15, 0.2) is 0 Å². The average Bonchev–Trinajstić information content (AvgIpc) is 2.86. The van der Waals surface area contributed by atoms with Crippen molar-refractivity contribution in [1.29, 1.82) is 0 Å². The van der Waals surface area contributed by atoms with Crippen LogP contribution in [0, 0.1) is 17.8 Å². The van der Waals surface area contributed by atoms with Gasteiger partial charge in [-0.25, -0.2) is 17.9 Å². The molecular weight excluding hydrogens is 488 g/mol. The van der Waals surface area contributed by atoms with Crippen molar-refractivity contribution < 1.29 is 21.6 Å². The lowest BCUT2D eigenvalue weighted by molar-refractivity contribution is 0.155. The van der Waals surface area contributed by atoms with E-state index >= 15 is 0 Å². The molecular formula is C24H38N4O5S2. The Bertz CT molecular complexity index is 1120. The Labute approximate surface area is 210 Å². The number of ether oxygens (including phenoxy) is 1. The van der Waals surface area contributed by atoms with Crippen molar-refractivity contribution in [2.75, 3.05) is 52.3 Å². The minimum absolute atomic E-state index is 0.124. The number of hydrogen-bond donors (Lipinski definition) is 2. The summed E-state index contributed by atoms with van der Waals surface area (Å²) in [6.45, 7) is 2.99. The molecule has 1 aromatic rings. The van der Waals surface area contributed by atoms with Crippen molar-refractivity contribution in [1.82, 2.24) is 13.7 Å². The second-order valence-electron chi connectivity index (χ2n) is 9.50. The number of benzene rings is 1. The van der Waals surface area contributed by atoms with Crippen LogP contribution in [0.15, 0.2) is 53.1 Å². The number of nitrogens with zero attached hydrogens (tertiary/aromatic N) is 2. The van der Waals surface area contributed by atoms with Crippen LogP contribution in [0.25, 0.3) is 0 Å². The van der Waals surface area contributed by atoms with Crippen LogP contribution in [0.2, 0.25) is 0 Å². The van der Waals surface area contributed by atoms with E-state index in [9.17, 15) is 16.8 Å². The molecule has 2 N–H and O–H groups in total. The highest BCUT2D eigenvalue weighted by atomic mass is 32.2. The first kappa shape index (κ1) is 27.7. The molecule has 3 atom stereocenters. The molecule has 11 heteroatoms. The first-order valence-corrected chi connectivity index (χ1v) is 14.9. The van der Waals surface area contributed by atoms with Crippen LogP contribution in [-0.4, -0.2) is 68.5 Å². The molecule has 0 bridgehead atoms. The molecule has 0 amide bonds. The second kappa shape index (κ2) is 11.9. The number of nitrogens with one attached hydrogen (secondary N) is 2. The fourth-order valence-electron chi connectivity index (χ4n) is 4.46. The molecule has 9 nitrogen and oxygen atoms in total. The van der Waals surface area contributed by atoms with Crippen LogP contribution in [0.1, 0.15) is 26.2 Å². The molecule has 0 aromatic heterocycles. The SMILES string of the molecule is COC1=CC=CCC1[C@@H]1CCCN(S(=O)(=O)NC[C@@H](C)CNS(=O)(=O)c2ccc(N(C)C)cc2)C1. The molecule has 196 valence electrons. The summed E-state index contributed by atoms with van der Waals surface area (Å²) in [4.78, 5) is 2.07. The Hall–Kier alpha value is -1.92. The lowest BCUT2D eigenvalue weighted by Gasteiger charge is -2.37. The van der Waals surface area contributed by atoms with Crippen molar-refractivity contribution in [3.8, 4) is 0 Å². The highest BCUT2D eigenvalue weighted by Gasteiger charge is 2.35. The van der Waals surface area contributed by atoms with Gasteiger partial charge in [-0.3, -0.25) is 0 Å². The standard InChI is InChI=1S/C24H38N4O5S2/c1-19(16-25-34(29,30)22-13-11-21(12-14-22)27(2)3)17-26-35(31,32)28-15-7-8-20(18-28)23-9-5-6-10-24(23)33-4/h5-6,10-14,19-20,23,25-26H,7-9,15-18H2,1-4H3/t19-,20+,23?/m0/s1. The van der Waals surface area contributed by atoms with Gasteiger partial charge in [0.05, 0.1) is 17.8 Å². The molecule has 1 fully saturated rings. The van der Waals surface area contributed by atoms with Crippen LogP contribution in [0.5, 0.6) is 0 Å². The van der Waals surface area contributed by atoms with Gasteiger partial charge in [-0.1, -0.05) is 19.1 Å². The Morgan fingerprint density at radius 3 is 2.46 bits per heavy atom. The fraction of sp³-hybridized carbons (Fsp3) is 0.583. The first-order valence-electron chi connectivity index (χ1n) is 12.0. The summed E-state index contributed by atoms with van der Waals surface area (Å²) in [7, 11) is -1.92. The number of allylic oxidation sites excluding steroid dienone is 4. The molecule has 1 aliphatic carbocycles. The Morgan fingerprint density at radius 2 is 1.80 bits per heavy atom. The predicted molar refractivity (Wildman–Crippen MR) is 139 cm³/mol. The number of sulfonamides is 1. The highest BCUT2D eigenvalue weighted by Crippen LogP contribution is 2.34. The van der Waals surface area contributed by atoms with E-state index in [0.29, 0.717) is 13.1 Å². The minimum atomic E-state index is -3.68. The molecule has 1 heterocycles. The van der Waals surface area contributed by atoms with E-state index in [0.717, 1.165) is 30.7 Å². The number of hydrogen-bond acceptors (Lipinski definition) is 6. The normalized spacial score (nSPS) is 22.5. The van der Waals surface area contributed by atoms with Gasteiger partial charge in [0.25, 0.3) is 10.2 Å². The van der Waals surface area contributed by atoms with Gasteiger partial charge in [-0.2, -0.15) is 12.7 Å². The monoisotopic (exact) mass is 526 g/mol. The molecule has 0 radical (unpaired) electrons. The fourth-order valence-corrected chi connectivity index (χ4v) is 7.06.